The van der Waals surface area contributed by atoms with Gasteiger partial charge < -0.3 is 39.4 Å². The van der Waals surface area contributed by atoms with E-state index in [0.29, 0.717) is 12.8 Å². The maximum atomic E-state index is 12.7. The van der Waals surface area contributed by atoms with Crippen molar-refractivity contribution in [2.24, 2.45) is 0 Å². The van der Waals surface area contributed by atoms with Crippen molar-refractivity contribution in [3.05, 3.63) is 72.9 Å². The number of rotatable bonds is 31. The Balaban J connectivity index is 2.42. The van der Waals surface area contributed by atoms with Gasteiger partial charge in [-0.1, -0.05) is 112 Å². The predicted molar refractivity (Wildman–Crippen MR) is 210 cm³/mol. The lowest BCUT2D eigenvalue weighted by atomic mass is 9.99. The fourth-order valence-electron chi connectivity index (χ4n) is 5.45. The Bertz CT molecular complexity index is 1090. The first-order chi connectivity index (χ1) is 25.8. The molecule has 1 saturated heterocycles. The number of unbranched alkanes of at least 4 members (excludes halogenated alkanes) is 8. The standard InChI is InChI=1S/C43H70O10/c1-3-5-7-9-11-13-15-17-18-20-21-23-25-27-29-31-38(45)50-34-36(35-51-43-42(49)41(48)40(47)37(33-44)53-43)52-39(46)32-30-28-26-24-22-19-16-14-12-10-8-6-4-2/h5-8,11-14,17-19,22,36-37,40-44,47-49H,3-4,9-10,15-16,20-21,23-35H2,1-2H3/b7-5-,8-6-,13-11-,14-12-,18-17-,22-19-/t36-,37+,40-,41-,42+,43+/m0/s1. The Morgan fingerprint density at radius 2 is 1.06 bits per heavy atom. The maximum Gasteiger partial charge on any atom is 0.306 e. The average Bonchev–Trinajstić information content (AvgIpc) is 3.15. The van der Waals surface area contributed by atoms with Gasteiger partial charge in [0.1, 0.15) is 31.0 Å². The summed E-state index contributed by atoms with van der Waals surface area (Å²) in [5.41, 5.74) is 0. The highest BCUT2D eigenvalue weighted by molar-refractivity contribution is 5.70. The average molecular weight is 747 g/mol. The second-order valence-corrected chi connectivity index (χ2v) is 13.3. The van der Waals surface area contributed by atoms with Gasteiger partial charge in [-0.15, -0.1) is 0 Å². The molecule has 10 heteroatoms. The van der Waals surface area contributed by atoms with Crippen LogP contribution < -0.4 is 0 Å². The summed E-state index contributed by atoms with van der Waals surface area (Å²) in [5, 5.41) is 39.9. The van der Waals surface area contributed by atoms with Crippen molar-refractivity contribution < 1.29 is 49.0 Å². The van der Waals surface area contributed by atoms with E-state index in [0.717, 1.165) is 89.9 Å². The third-order valence-electron chi connectivity index (χ3n) is 8.59. The van der Waals surface area contributed by atoms with Crippen LogP contribution >= 0.6 is 0 Å². The summed E-state index contributed by atoms with van der Waals surface area (Å²) in [5.74, 6) is -0.871. The van der Waals surface area contributed by atoms with Crippen molar-refractivity contribution in [3.8, 4) is 0 Å². The van der Waals surface area contributed by atoms with Crippen LogP contribution in [0.3, 0.4) is 0 Å². The second kappa shape index (κ2) is 33.7. The maximum absolute atomic E-state index is 12.7. The molecule has 0 aromatic carbocycles. The fourth-order valence-corrected chi connectivity index (χ4v) is 5.45. The summed E-state index contributed by atoms with van der Waals surface area (Å²) in [7, 11) is 0. The Hall–Kier alpha value is -2.86. The van der Waals surface area contributed by atoms with Crippen molar-refractivity contribution in [1.29, 1.82) is 0 Å². The van der Waals surface area contributed by atoms with E-state index in [-0.39, 0.29) is 26.1 Å². The van der Waals surface area contributed by atoms with Gasteiger partial charge in [0.25, 0.3) is 0 Å². The Morgan fingerprint density at radius 3 is 1.60 bits per heavy atom. The number of aliphatic hydroxyl groups is 4. The molecule has 1 rings (SSSR count). The largest absolute Gasteiger partial charge is 0.462 e. The third-order valence-corrected chi connectivity index (χ3v) is 8.59. The van der Waals surface area contributed by atoms with E-state index < -0.39 is 55.4 Å². The second-order valence-electron chi connectivity index (χ2n) is 13.3. The van der Waals surface area contributed by atoms with Gasteiger partial charge in [-0.25, -0.2) is 0 Å². The van der Waals surface area contributed by atoms with E-state index in [1.807, 2.05) is 0 Å². The number of ether oxygens (including phenoxy) is 4. The van der Waals surface area contributed by atoms with Crippen molar-refractivity contribution in [1.82, 2.24) is 0 Å². The van der Waals surface area contributed by atoms with Crippen LogP contribution in [0.1, 0.15) is 129 Å². The zero-order chi connectivity index (χ0) is 38.8. The monoisotopic (exact) mass is 746 g/mol. The van der Waals surface area contributed by atoms with Gasteiger partial charge in [0.15, 0.2) is 12.4 Å². The van der Waals surface area contributed by atoms with Crippen molar-refractivity contribution >= 4 is 11.9 Å². The molecule has 0 spiro atoms. The first kappa shape index (κ1) is 48.2. The molecule has 53 heavy (non-hydrogen) atoms. The number of carbonyl (C=O) groups excluding carboxylic acids is 2. The molecule has 0 radical (unpaired) electrons. The molecule has 302 valence electrons. The summed E-state index contributed by atoms with van der Waals surface area (Å²) < 4.78 is 22.0. The highest BCUT2D eigenvalue weighted by Crippen LogP contribution is 2.22. The van der Waals surface area contributed by atoms with Gasteiger partial charge in [-0.2, -0.15) is 0 Å². The topological polar surface area (TPSA) is 152 Å². The molecular formula is C43H70O10. The number of aliphatic hydroxyl groups excluding tert-OH is 4. The SMILES string of the molecule is CC/C=C\C/C=C\C/C=C\CCCCCCCC(=O)OC[C@@H](CO[C@@H]1O[C@H](CO)[C@H](O)[C@H](O)[C@H]1O)OC(=O)CCCCC/C=C\C/C=C\C/C=C\CC. The lowest BCUT2D eigenvalue weighted by Gasteiger charge is -2.39. The van der Waals surface area contributed by atoms with Gasteiger partial charge in [0, 0.05) is 12.8 Å². The van der Waals surface area contributed by atoms with Gasteiger partial charge in [-0.3, -0.25) is 9.59 Å². The first-order valence-electron chi connectivity index (χ1n) is 20.0. The van der Waals surface area contributed by atoms with Crippen LogP contribution in [-0.4, -0.2) is 89.0 Å². The summed E-state index contributed by atoms with van der Waals surface area (Å²) in [6.07, 6.45) is 33.4. The number of carbonyl (C=O) groups is 2. The smallest absolute Gasteiger partial charge is 0.306 e. The molecule has 0 amide bonds. The van der Waals surface area contributed by atoms with E-state index in [4.69, 9.17) is 18.9 Å². The van der Waals surface area contributed by atoms with Crippen molar-refractivity contribution in [3.63, 3.8) is 0 Å². The van der Waals surface area contributed by atoms with Crippen LogP contribution in [0.15, 0.2) is 72.9 Å². The Labute approximate surface area is 319 Å². The number of esters is 2. The molecule has 1 fully saturated rings. The molecule has 1 heterocycles. The fraction of sp³-hybridized carbons (Fsp3) is 0.674. The van der Waals surface area contributed by atoms with Crippen molar-refractivity contribution in [2.75, 3.05) is 19.8 Å². The van der Waals surface area contributed by atoms with E-state index in [2.05, 4.69) is 86.8 Å². The lowest BCUT2D eigenvalue weighted by Crippen LogP contribution is -2.59. The molecule has 0 bridgehead atoms. The van der Waals surface area contributed by atoms with Gasteiger partial charge in [0.05, 0.1) is 13.2 Å². The molecule has 6 atom stereocenters. The third kappa shape index (κ3) is 25.7. The molecule has 0 saturated carbocycles. The summed E-state index contributed by atoms with van der Waals surface area (Å²) >= 11 is 0. The molecule has 10 nitrogen and oxygen atoms in total. The molecule has 0 aromatic rings. The minimum absolute atomic E-state index is 0.187. The van der Waals surface area contributed by atoms with E-state index in [9.17, 15) is 30.0 Å². The highest BCUT2D eigenvalue weighted by Gasteiger charge is 2.44. The zero-order valence-corrected chi connectivity index (χ0v) is 32.5. The number of hydrogen-bond donors (Lipinski definition) is 4. The molecule has 0 unspecified atom stereocenters. The summed E-state index contributed by atoms with van der Waals surface area (Å²) in [4.78, 5) is 25.2. The Kier molecular flexibility index (Phi) is 30.6. The zero-order valence-electron chi connectivity index (χ0n) is 32.5. The molecule has 1 aliphatic heterocycles. The van der Waals surface area contributed by atoms with Crippen LogP contribution in [0, 0.1) is 0 Å². The molecule has 1 aliphatic rings. The van der Waals surface area contributed by atoms with Gasteiger partial charge in [-0.05, 0) is 77.0 Å². The van der Waals surface area contributed by atoms with Crippen LogP contribution in [0.5, 0.6) is 0 Å². The van der Waals surface area contributed by atoms with Crippen LogP contribution in [0.25, 0.3) is 0 Å². The summed E-state index contributed by atoms with van der Waals surface area (Å²) in [6, 6.07) is 0. The number of allylic oxidation sites excluding steroid dienone is 12. The van der Waals surface area contributed by atoms with Crippen LogP contribution in [0.2, 0.25) is 0 Å². The number of hydrogen-bond acceptors (Lipinski definition) is 10. The molecule has 0 aromatic heterocycles. The predicted octanol–water partition coefficient (Wildman–Crippen LogP) is 7.66. The normalized spacial score (nSPS) is 21.7. The molecule has 0 aliphatic carbocycles. The molecular weight excluding hydrogens is 676 g/mol. The molecule has 4 N–H and O–H groups in total. The minimum Gasteiger partial charge on any atom is -0.462 e. The van der Waals surface area contributed by atoms with E-state index in [1.54, 1.807) is 0 Å². The highest BCUT2D eigenvalue weighted by atomic mass is 16.7. The van der Waals surface area contributed by atoms with Crippen LogP contribution in [0.4, 0.5) is 0 Å². The van der Waals surface area contributed by atoms with E-state index in [1.165, 1.54) is 0 Å². The van der Waals surface area contributed by atoms with Crippen molar-refractivity contribution in [2.45, 2.75) is 166 Å². The van der Waals surface area contributed by atoms with Crippen LogP contribution in [-0.2, 0) is 28.5 Å². The summed E-state index contributed by atoms with van der Waals surface area (Å²) in [6.45, 7) is 3.11. The Morgan fingerprint density at radius 1 is 0.585 bits per heavy atom. The van der Waals surface area contributed by atoms with Gasteiger partial charge in [0.2, 0.25) is 0 Å². The first-order valence-corrected chi connectivity index (χ1v) is 20.0. The quantitative estimate of drug-likeness (QED) is 0.0316. The van der Waals surface area contributed by atoms with E-state index >= 15 is 0 Å². The lowest BCUT2D eigenvalue weighted by molar-refractivity contribution is -0.305. The minimum atomic E-state index is -1.61. The van der Waals surface area contributed by atoms with Gasteiger partial charge >= 0.3 is 11.9 Å².